The number of aliphatic hydroxyl groups excluding tert-OH is 1. The lowest BCUT2D eigenvalue weighted by Gasteiger charge is -2.38. The van der Waals surface area contributed by atoms with Crippen molar-refractivity contribution in [2.45, 2.75) is 64.1 Å². The molecular formula is C31H43N5O6. The van der Waals surface area contributed by atoms with Crippen LogP contribution in [-0.2, 0) is 0 Å². The van der Waals surface area contributed by atoms with E-state index in [9.17, 15) is 19.5 Å². The predicted octanol–water partition coefficient (Wildman–Crippen LogP) is 4.53. The molecule has 0 bridgehead atoms. The first-order valence-electron chi connectivity index (χ1n) is 14.6. The molecule has 4 rings (SSSR count). The van der Waals surface area contributed by atoms with Crippen molar-refractivity contribution in [3.8, 4) is 11.5 Å². The molecular weight excluding hydrogens is 538 g/mol. The molecule has 0 saturated heterocycles. The van der Waals surface area contributed by atoms with Gasteiger partial charge in [0.05, 0.1) is 31.9 Å². The first kappa shape index (κ1) is 31.0. The Morgan fingerprint density at radius 1 is 1.10 bits per heavy atom. The van der Waals surface area contributed by atoms with Gasteiger partial charge in [-0.2, -0.15) is 0 Å². The van der Waals surface area contributed by atoms with Gasteiger partial charge in [0.2, 0.25) is 0 Å². The first-order chi connectivity index (χ1) is 20.2. The van der Waals surface area contributed by atoms with Crippen LogP contribution >= 0.6 is 0 Å². The number of nitrogens with one attached hydrogen (secondary N) is 3. The van der Waals surface area contributed by atoms with Crippen LogP contribution in [0.2, 0.25) is 0 Å². The molecule has 1 aliphatic heterocycles. The molecule has 11 heteroatoms. The number of ether oxygens (including phenoxy) is 2. The summed E-state index contributed by atoms with van der Waals surface area (Å²) in [5.41, 5.74) is 1.38. The Morgan fingerprint density at radius 2 is 1.79 bits per heavy atom. The van der Waals surface area contributed by atoms with Crippen molar-refractivity contribution in [2.75, 3.05) is 44.5 Å². The number of urea groups is 2. The van der Waals surface area contributed by atoms with Gasteiger partial charge < -0.3 is 40.3 Å². The second-order valence-electron chi connectivity index (χ2n) is 11.3. The van der Waals surface area contributed by atoms with Crippen LogP contribution < -0.4 is 25.4 Å². The highest BCUT2D eigenvalue weighted by molar-refractivity contribution is 5.99. The summed E-state index contributed by atoms with van der Waals surface area (Å²) < 4.78 is 11.6. The summed E-state index contributed by atoms with van der Waals surface area (Å²) in [7, 11) is 3.27. The molecule has 2 aromatic carbocycles. The molecule has 11 nitrogen and oxygen atoms in total. The van der Waals surface area contributed by atoms with Gasteiger partial charge in [-0.1, -0.05) is 26.2 Å². The van der Waals surface area contributed by atoms with Crippen molar-refractivity contribution >= 4 is 29.3 Å². The molecule has 1 saturated carbocycles. The fraction of sp³-hybridized carbons (Fsp3) is 0.516. The van der Waals surface area contributed by atoms with Gasteiger partial charge in [-0.15, -0.1) is 0 Å². The molecule has 5 amide bonds. The van der Waals surface area contributed by atoms with E-state index in [2.05, 4.69) is 16.0 Å². The minimum atomic E-state index is -0.453. The van der Waals surface area contributed by atoms with Gasteiger partial charge in [-0.3, -0.25) is 4.79 Å². The third kappa shape index (κ3) is 7.84. The fourth-order valence-electron chi connectivity index (χ4n) is 5.36. The van der Waals surface area contributed by atoms with Crippen LogP contribution in [0.1, 0.15) is 56.3 Å². The molecule has 228 valence electrons. The summed E-state index contributed by atoms with van der Waals surface area (Å²) in [5, 5.41) is 18.7. The van der Waals surface area contributed by atoms with E-state index in [0.29, 0.717) is 29.4 Å². The predicted molar refractivity (Wildman–Crippen MR) is 161 cm³/mol. The lowest BCUT2D eigenvalue weighted by atomic mass is 9.96. The molecule has 0 spiro atoms. The molecule has 1 heterocycles. The third-order valence-corrected chi connectivity index (χ3v) is 8.00. The van der Waals surface area contributed by atoms with Crippen LogP contribution in [-0.4, -0.2) is 84.9 Å². The lowest BCUT2D eigenvalue weighted by Crippen LogP contribution is -2.50. The molecule has 4 N–H and O–H groups in total. The second kappa shape index (κ2) is 14.3. The number of benzene rings is 2. The number of rotatable bonds is 8. The molecule has 0 radical (unpaired) electrons. The number of hydrogen-bond donors (Lipinski definition) is 4. The Balaban J connectivity index is 1.51. The van der Waals surface area contributed by atoms with Gasteiger partial charge in [-0.05, 0) is 62.2 Å². The Kier molecular flexibility index (Phi) is 10.5. The zero-order valence-corrected chi connectivity index (χ0v) is 24.9. The number of nitrogens with zero attached hydrogens (tertiary/aromatic N) is 2. The van der Waals surface area contributed by atoms with E-state index in [1.807, 2.05) is 6.92 Å². The van der Waals surface area contributed by atoms with Crippen LogP contribution in [0.5, 0.6) is 11.5 Å². The number of methoxy groups -OCH3 is 1. The molecule has 42 heavy (non-hydrogen) atoms. The number of aliphatic hydroxyl groups is 1. The van der Waals surface area contributed by atoms with Crippen LogP contribution in [0.25, 0.3) is 0 Å². The summed E-state index contributed by atoms with van der Waals surface area (Å²) in [6, 6.07) is 11.1. The second-order valence-corrected chi connectivity index (χ2v) is 11.3. The van der Waals surface area contributed by atoms with E-state index in [4.69, 9.17) is 9.47 Å². The number of carbonyl (C=O) groups excluding carboxylic acids is 3. The van der Waals surface area contributed by atoms with Gasteiger partial charge in [-0.25, -0.2) is 9.59 Å². The monoisotopic (exact) mass is 581 g/mol. The van der Waals surface area contributed by atoms with Gasteiger partial charge in [0, 0.05) is 36.9 Å². The maximum atomic E-state index is 13.7. The quantitative estimate of drug-likeness (QED) is 0.362. The van der Waals surface area contributed by atoms with Crippen LogP contribution in [0, 0.1) is 5.92 Å². The number of likely N-dealkylation sites (N-methyl/N-ethyl adjacent to an activating group) is 1. The number of hydrogen-bond acceptors (Lipinski definition) is 6. The van der Waals surface area contributed by atoms with Crippen LogP contribution in [0.3, 0.4) is 0 Å². The highest BCUT2D eigenvalue weighted by atomic mass is 16.5. The zero-order chi connectivity index (χ0) is 30.2. The summed E-state index contributed by atoms with van der Waals surface area (Å²) in [5.74, 6) is 0.593. The van der Waals surface area contributed by atoms with Crippen molar-refractivity contribution in [3.63, 3.8) is 0 Å². The summed E-state index contributed by atoms with van der Waals surface area (Å²) in [6.07, 6.45) is 4.87. The Morgan fingerprint density at radius 3 is 2.45 bits per heavy atom. The highest BCUT2D eigenvalue weighted by Gasteiger charge is 2.34. The van der Waals surface area contributed by atoms with E-state index >= 15 is 0 Å². The number of anilines is 2. The minimum Gasteiger partial charge on any atom is -0.497 e. The van der Waals surface area contributed by atoms with Crippen LogP contribution in [0.4, 0.5) is 21.0 Å². The lowest BCUT2D eigenvalue weighted by molar-refractivity contribution is 0.0371. The van der Waals surface area contributed by atoms with Gasteiger partial charge in [0.25, 0.3) is 5.91 Å². The molecule has 2 aromatic rings. The SMILES string of the molecule is COc1ccc(NC(=O)N(C)C[C@@H]2Oc3ccc(NC(=O)NC4CCCCC4)cc3C(=O)N([C@@H](C)CO)C[C@@H]2C)cc1. The highest BCUT2D eigenvalue weighted by Crippen LogP contribution is 2.31. The van der Waals surface area contributed by atoms with E-state index in [-0.39, 0.29) is 48.6 Å². The maximum Gasteiger partial charge on any atom is 0.321 e. The molecule has 1 aliphatic carbocycles. The van der Waals surface area contributed by atoms with E-state index < -0.39 is 12.1 Å². The fourth-order valence-corrected chi connectivity index (χ4v) is 5.36. The van der Waals surface area contributed by atoms with Crippen molar-refractivity contribution in [3.05, 3.63) is 48.0 Å². The number of amides is 5. The molecule has 3 atom stereocenters. The largest absolute Gasteiger partial charge is 0.497 e. The Hall–Kier alpha value is -3.99. The van der Waals surface area contributed by atoms with Crippen LogP contribution in [0.15, 0.2) is 42.5 Å². The van der Waals surface area contributed by atoms with Gasteiger partial charge in [0.15, 0.2) is 0 Å². The Labute approximate surface area is 247 Å². The topological polar surface area (TPSA) is 132 Å². The summed E-state index contributed by atoms with van der Waals surface area (Å²) >= 11 is 0. The summed E-state index contributed by atoms with van der Waals surface area (Å²) in [6.45, 7) is 4.11. The van der Waals surface area contributed by atoms with E-state index in [0.717, 1.165) is 25.7 Å². The number of fused-ring (bicyclic) bond motifs is 1. The molecule has 1 fully saturated rings. The van der Waals surface area contributed by atoms with Crippen molar-refractivity contribution in [1.82, 2.24) is 15.1 Å². The normalized spacial score (nSPS) is 19.8. The maximum absolute atomic E-state index is 13.7. The smallest absolute Gasteiger partial charge is 0.321 e. The first-order valence-corrected chi connectivity index (χ1v) is 14.6. The molecule has 0 aromatic heterocycles. The molecule has 2 aliphatic rings. The van der Waals surface area contributed by atoms with Gasteiger partial charge in [0.1, 0.15) is 17.6 Å². The molecule has 0 unspecified atom stereocenters. The Bertz CT molecular complexity index is 1230. The van der Waals surface area contributed by atoms with Crippen molar-refractivity contribution in [2.24, 2.45) is 5.92 Å². The van der Waals surface area contributed by atoms with Crippen molar-refractivity contribution in [1.29, 1.82) is 0 Å². The standard InChI is InChI=1S/C31H43N5O6/c1-20-17-36(21(2)19-37)29(38)26-16-24(33-30(39)32-22-8-6-5-7-9-22)12-15-27(26)42-28(20)18-35(3)31(40)34-23-10-13-25(41-4)14-11-23/h10-16,20-22,28,37H,5-9,17-19H2,1-4H3,(H,34,40)(H2,32,33,39)/t20-,21-,28-/m0/s1. The van der Waals surface area contributed by atoms with Crippen molar-refractivity contribution < 1.29 is 29.0 Å². The third-order valence-electron chi connectivity index (χ3n) is 8.00. The number of carbonyl (C=O) groups is 3. The minimum absolute atomic E-state index is 0.148. The van der Waals surface area contributed by atoms with E-state index in [1.165, 1.54) is 6.42 Å². The zero-order valence-electron chi connectivity index (χ0n) is 24.9. The average molecular weight is 582 g/mol. The van der Waals surface area contributed by atoms with Gasteiger partial charge >= 0.3 is 12.1 Å². The van der Waals surface area contributed by atoms with E-state index in [1.54, 1.807) is 73.3 Å². The summed E-state index contributed by atoms with van der Waals surface area (Å²) in [4.78, 5) is 42.5. The average Bonchev–Trinajstić information content (AvgIpc) is 2.99.